The number of hydrogen-bond donors (Lipinski definition) is 0. The highest BCUT2D eigenvalue weighted by Crippen LogP contribution is 2.59. The summed E-state index contributed by atoms with van der Waals surface area (Å²) in [5, 5.41) is 0. The number of piperidine rings is 1. The van der Waals surface area contributed by atoms with Crippen LogP contribution in [0.25, 0.3) is 0 Å². The molecule has 1 aromatic carbocycles. The van der Waals surface area contributed by atoms with Gasteiger partial charge in [0.2, 0.25) is 0 Å². The number of benzene rings is 1. The van der Waals surface area contributed by atoms with Crippen LogP contribution in [0, 0.1) is 12.8 Å². The molecule has 0 saturated carbocycles. The van der Waals surface area contributed by atoms with Gasteiger partial charge in [-0.1, -0.05) is 12.1 Å². The van der Waals surface area contributed by atoms with Crippen LogP contribution in [0.5, 0.6) is 11.5 Å². The molecule has 1 spiro atoms. The van der Waals surface area contributed by atoms with Gasteiger partial charge in [-0.25, -0.2) is 0 Å². The van der Waals surface area contributed by atoms with Crippen molar-refractivity contribution in [3.63, 3.8) is 0 Å². The first-order chi connectivity index (χ1) is 13.3. The lowest BCUT2D eigenvalue weighted by molar-refractivity contribution is -0.151. The smallest absolute Gasteiger partial charge is 0.308 e. The van der Waals surface area contributed by atoms with Crippen LogP contribution in [0.3, 0.4) is 0 Å². The molecule has 3 aliphatic rings. The molecule has 2 aliphatic heterocycles. The van der Waals surface area contributed by atoms with Crippen molar-refractivity contribution in [2.75, 3.05) is 13.6 Å². The van der Waals surface area contributed by atoms with Crippen molar-refractivity contribution in [3.8, 4) is 11.5 Å². The zero-order chi connectivity index (χ0) is 20.2. The SMILES string of the molecule is CC(=O)Oc1ccc(C)c2c1O[C@H]1[C@@H](OC(C)=O)C=CC3[C@@H](C)N(C)CC[C@@]231. The molecule has 6 nitrogen and oxygen atoms in total. The lowest BCUT2D eigenvalue weighted by atomic mass is 9.57. The van der Waals surface area contributed by atoms with E-state index in [9.17, 15) is 9.59 Å². The van der Waals surface area contributed by atoms with E-state index in [4.69, 9.17) is 14.2 Å². The number of aryl methyl sites for hydroxylation is 1. The van der Waals surface area contributed by atoms with Gasteiger partial charge in [-0.15, -0.1) is 0 Å². The van der Waals surface area contributed by atoms with Gasteiger partial charge in [0.15, 0.2) is 17.6 Å². The minimum Gasteiger partial charge on any atom is -0.481 e. The van der Waals surface area contributed by atoms with Gasteiger partial charge in [0.25, 0.3) is 0 Å². The Balaban J connectivity index is 1.91. The number of ether oxygens (including phenoxy) is 3. The Bertz CT molecular complexity index is 863. The van der Waals surface area contributed by atoms with Crippen molar-refractivity contribution in [1.29, 1.82) is 0 Å². The predicted octanol–water partition coefficient (Wildman–Crippen LogP) is 2.76. The van der Waals surface area contributed by atoms with Gasteiger partial charge in [0.05, 0.1) is 0 Å². The number of carbonyl (C=O) groups is 2. The number of likely N-dealkylation sites (tertiary alicyclic amines) is 1. The Hall–Kier alpha value is -2.34. The average molecular weight is 385 g/mol. The third-order valence-electron chi connectivity index (χ3n) is 6.60. The van der Waals surface area contributed by atoms with Gasteiger partial charge in [-0.05, 0) is 51.6 Å². The Morgan fingerprint density at radius 1 is 1.21 bits per heavy atom. The molecule has 1 aromatic rings. The lowest BCUT2D eigenvalue weighted by Gasteiger charge is -2.53. The normalized spacial score (nSPS) is 33.3. The van der Waals surface area contributed by atoms with E-state index in [2.05, 4.69) is 31.9 Å². The lowest BCUT2D eigenvalue weighted by Crippen LogP contribution is -2.62. The number of carbonyl (C=O) groups excluding carboxylic acids is 2. The molecule has 6 heteroatoms. The van der Waals surface area contributed by atoms with Gasteiger partial charge in [0.1, 0.15) is 6.10 Å². The Labute approximate surface area is 165 Å². The van der Waals surface area contributed by atoms with Gasteiger partial charge in [0, 0.05) is 36.8 Å². The maximum absolute atomic E-state index is 11.7. The Kier molecular flexibility index (Phi) is 4.49. The molecule has 0 aromatic heterocycles. The van der Waals surface area contributed by atoms with Crippen molar-refractivity contribution >= 4 is 11.9 Å². The van der Waals surface area contributed by atoms with Crippen molar-refractivity contribution < 1.29 is 23.8 Å². The zero-order valence-corrected chi connectivity index (χ0v) is 17.0. The summed E-state index contributed by atoms with van der Waals surface area (Å²) in [5.74, 6) is 0.535. The monoisotopic (exact) mass is 385 g/mol. The van der Waals surface area contributed by atoms with Crippen LogP contribution in [0.15, 0.2) is 24.3 Å². The molecule has 0 amide bonds. The molecule has 0 bridgehead atoms. The second-order valence-electron chi connectivity index (χ2n) is 8.21. The third-order valence-corrected chi connectivity index (χ3v) is 6.60. The van der Waals surface area contributed by atoms with Crippen molar-refractivity contribution in [1.82, 2.24) is 4.90 Å². The molecule has 1 aliphatic carbocycles. The molecule has 28 heavy (non-hydrogen) atoms. The summed E-state index contributed by atoms with van der Waals surface area (Å²) in [7, 11) is 2.14. The van der Waals surface area contributed by atoms with Crippen molar-refractivity contribution in [2.24, 2.45) is 5.92 Å². The summed E-state index contributed by atoms with van der Waals surface area (Å²) >= 11 is 0. The van der Waals surface area contributed by atoms with Gasteiger partial charge >= 0.3 is 11.9 Å². The van der Waals surface area contributed by atoms with Crippen LogP contribution in [0.2, 0.25) is 0 Å². The molecule has 1 unspecified atom stereocenters. The molecule has 4 rings (SSSR count). The second kappa shape index (κ2) is 6.62. The summed E-state index contributed by atoms with van der Waals surface area (Å²) < 4.78 is 17.5. The minimum absolute atomic E-state index is 0.204. The van der Waals surface area contributed by atoms with E-state index in [0.717, 1.165) is 24.1 Å². The third kappa shape index (κ3) is 2.65. The fraction of sp³-hybridized carbons (Fsp3) is 0.545. The Morgan fingerprint density at radius 3 is 2.64 bits per heavy atom. The summed E-state index contributed by atoms with van der Waals surface area (Å²) in [6.45, 7) is 8.00. The van der Waals surface area contributed by atoms with E-state index in [-0.39, 0.29) is 29.4 Å². The van der Waals surface area contributed by atoms with Crippen molar-refractivity contribution in [3.05, 3.63) is 35.4 Å². The van der Waals surface area contributed by atoms with E-state index in [0.29, 0.717) is 17.5 Å². The van der Waals surface area contributed by atoms with Gasteiger partial charge < -0.3 is 19.1 Å². The van der Waals surface area contributed by atoms with E-state index >= 15 is 0 Å². The van der Waals surface area contributed by atoms with E-state index in [1.165, 1.54) is 13.8 Å². The molecule has 5 atom stereocenters. The maximum atomic E-state index is 11.7. The number of rotatable bonds is 2. The van der Waals surface area contributed by atoms with E-state index in [1.807, 2.05) is 12.1 Å². The number of nitrogens with zero attached hydrogens (tertiary/aromatic N) is 1. The van der Waals surface area contributed by atoms with Crippen LogP contribution >= 0.6 is 0 Å². The standard InChI is InChI=1S/C22H27NO5/c1-12-6-8-17(26-14(3)24)20-19(12)22-10-11-23(5)13(2)16(22)7-9-18(21(22)28-20)27-15(4)25/h6-9,13,16,18,21H,10-11H2,1-5H3/t13-,16?,18+,21+,22+/m1/s1. The van der Waals surface area contributed by atoms with Gasteiger partial charge in [-0.2, -0.15) is 0 Å². The number of fused-ring (bicyclic) bond motifs is 1. The highest BCUT2D eigenvalue weighted by atomic mass is 16.6. The fourth-order valence-corrected chi connectivity index (χ4v) is 5.34. The van der Waals surface area contributed by atoms with E-state index < -0.39 is 6.10 Å². The molecule has 2 heterocycles. The molecule has 150 valence electrons. The molecular weight excluding hydrogens is 358 g/mol. The van der Waals surface area contributed by atoms with E-state index in [1.54, 1.807) is 6.07 Å². The zero-order valence-electron chi connectivity index (χ0n) is 17.0. The quantitative estimate of drug-likeness (QED) is 0.443. The minimum atomic E-state index is -0.471. The maximum Gasteiger partial charge on any atom is 0.308 e. The first-order valence-electron chi connectivity index (χ1n) is 9.80. The molecule has 0 N–H and O–H groups in total. The molecular formula is C22H27NO5. The Morgan fingerprint density at radius 2 is 1.96 bits per heavy atom. The number of hydrogen-bond acceptors (Lipinski definition) is 6. The first-order valence-corrected chi connectivity index (χ1v) is 9.80. The molecule has 1 saturated heterocycles. The highest BCUT2D eigenvalue weighted by Gasteiger charge is 2.62. The van der Waals surface area contributed by atoms with Crippen LogP contribution in [-0.4, -0.2) is 48.7 Å². The fourth-order valence-electron chi connectivity index (χ4n) is 5.34. The summed E-state index contributed by atoms with van der Waals surface area (Å²) in [6, 6.07) is 4.07. The van der Waals surface area contributed by atoms with Crippen LogP contribution < -0.4 is 9.47 Å². The first kappa shape index (κ1) is 19.0. The largest absolute Gasteiger partial charge is 0.481 e. The summed E-state index contributed by atoms with van der Waals surface area (Å²) in [5.41, 5.74) is 1.87. The summed E-state index contributed by atoms with van der Waals surface area (Å²) in [4.78, 5) is 25.7. The molecule has 0 radical (unpaired) electrons. The van der Waals surface area contributed by atoms with Crippen molar-refractivity contribution in [2.45, 2.75) is 57.8 Å². The van der Waals surface area contributed by atoms with Crippen LogP contribution in [0.4, 0.5) is 0 Å². The molecule has 1 fully saturated rings. The van der Waals surface area contributed by atoms with Crippen LogP contribution in [0.1, 0.15) is 38.3 Å². The summed E-state index contributed by atoms with van der Waals surface area (Å²) in [6.07, 6.45) is 4.20. The average Bonchev–Trinajstić information content (AvgIpc) is 2.97. The topological polar surface area (TPSA) is 65.1 Å². The predicted molar refractivity (Wildman–Crippen MR) is 103 cm³/mol. The number of esters is 2. The van der Waals surface area contributed by atoms with Crippen LogP contribution in [-0.2, 0) is 19.7 Å². The second-order valence-corrected chi connectivity index (χ2v) is 8.21. The highest BCUT2D eigenvalue weighted by molar-refractivity contribution is 5.72. The van der Waals surface area contributed by atoms with Gasteiger partial charge in [-0.3, -0.25) is 9.59 Å².